The highest BCUT2D eigenvalue weighted by Crippen LogP contribution is 2.12. The Labute approximate surface area is 167 Å². The van der Waals surface area contributed by atoms with Crippen LogP contribution in [0.4, 0.5) is 0 Å². The van der Waals surface area contributed by atoms with E-state index in [2.05, 4.69) is 13.5 Å². The Balaban J connectivity index is 3.29. The van der Waals surface area contributed by atoms with Crippen LogP contribution < -0.4 is 0 Å². The molecule has 27 heavy (non-hydrogen) atoms. The van der Waals surface area contributed by atoms with Gasteiger partial charge in [-0.15, -0.1) is 6.58 Å². The summed E-state index contributed by atoms with van der Waals surface area (Å²) >= 11 is 0. The lowest BCUT2D eigenvalue weighted by Crippen LogP contribution is -2.11. The van der Waals surface area contributed by atoms with Gasteiger partial charge in [0.2, 0.25) is 0 Å². The molecular weight excluding hydrogens is 340 g/mol. The van der Waals surface area contributed by atoms with E-state index in [9.17, 15) is 9.59 Å². The molecule has 0 atom stereocenters. The van der Waals surface area contributed by atoms with Crippen LogP contribution in [-0.4, -0.2) is 25.2 Å². The third-order valence-electron chi connectivity index (χ3n) is 4.59. The first kappa shape index (κ1) is 25.7. The fourth-order valence-electron chi connectivity index (χ4n) is 2.82. The van der Waals surface area contributed by atoms with Crippen molar-refractivity contribution in [3.63, 3.8) is 0 Å². The molecule has 0 aliphatic rings. The molecule has 4 heteroatoms. The molecule has 0 saturated carbocycles. The third kappa shape index (κ3) is 20.8. The fourth-order valence-corrected chi connectivity index (χ4v) is 2.82. The van der Waals surface area contributed by atoms with Gasteiger partial charge in [-0.05, 0) is 13.3 Å². The molecule has 0 spiro atoms. The Morgan fingerprint density at radius 3 is 1.48 bits per heavy atom. The molecule has 0 aliphatic carbocycles. The van der Waals surface area contributed by atoms with Crippen molar-refractivity contribution in [2.45, 2.75) is 110 Å². The number of hydrogen-bond donors (Lipinski definition) is 0. The number of carbonyl (C=O) groups is 2. The summed E-state index contributed by atoms with van der Waals surface area (Å²) in [5, 5.41) is 0. The van der Waals surface area contributed by atoms with Crippen LogP contribution in [0.2, 0.25) is 0 Å². The zero-order chi connectivity index (χ0) is 20.2. The Morgan fingerprint density at radius 1 is 0.630 bits per heavy atom. The van der Waals surface area contributed by atoms with E-state index in [1.807, 2.05) is 6.92 Å². The van der Waals surface area contributed by atoms with E-state index < -0.39 is 0 Å². The highest BCUT2D eigenvalue weighted by atomic mass is 16.5. The summed E-state index contributed by atoms with van der Waals surface area (Å²) in [6.07, 6.45) is 16.3. The summed E-state index contributed by atoms with van der Waals surface area (Å²) in [5.74, 6) is -0.659. The molecule has 0 aliphatic heterocycles. The molecule has 0 amide bonds. The van der Waals surface area contributed by atoms with Gasteiger partial charge in [0.1, 0.15) is 0 Å². The monoisotopic (exact) mass is 382 g/mol. The van der Waals surface area contributed by atoms with E-state index in [1.165, 1.54) is 64.2 Å². The van der Waals surface area contributed by atoms with E-state index >= 15 is 0 Å². The van der Waals surface area contributed by atoms with Crippen molar-refractivity contribution >= 4 is 11.9 Å². The van der Waals surface area contributed by atoms with Crippen LogP contribution in [0.25, 0.3) is 0 Å². The smallest absolute Gasteiger partial charge is 0.306 e. The summed E-state index contributed by atoms with van der Waals surface area (Å²) in [6.45, 7) is 8.69. The predicted molar refractivity (Wildman–Crippen MR) is 112 cm³/mol. The lowest BCUT2D eigenvalue weighted by molar-refractivity contribution is -0.150. The summed E-state index contributed by atoms with van der Waals surface area (Å²) < 4.78 is 10.2. The highest BCUT2D eigenvalue weighted by Gasteiger charge is 2.09. The van der Waals surface area contributed by atoms with E-state index in [1.54, 1.807) is 0 Å². The zero-order valence-electron chi connectivity index (χ0n) is 17.9. The maximum absolute atomic E-state index is 11.6. The minimum atomic E-state index is -0.349. The van der Waals surface area contributed by atoms with Crippen molar-refractivity contribution in [2.75, 3.05) is 13.2 Å². The first-order chi connectivity index (χ1) is 13.1. The van der Waals surface area contributed by atoms with Crippen LogP contribution in [0, 0.1) is 0 Å². The van der Waals surface area contributed by atoms with E-state index in [0.717, 1.165) is 18.4 Å². The maximum Gasteiger partial charge on any atom is 0.306 e. The SMILES string of the molecule is C=C(C)CCOC(=O)CCC(=O)OCCCCCCCCCCCCCC. The number of ether oxygens (including phenoxy) is 2. The average molecular weight is 383 g/mol. The second kappa shape index (κ2) is 19.4. The Hall–Kier alpha value is -1.32. The normalized spacial score (nSPS) is 10.6. The molecule has 0 aromatic rings. The summed E-state index contributed by atoms with van der Waals surface area (Å²) in [4.78, 5) is 23.0. The average Bonchev–Trinajstić information content (AvgIpc) is 2.63. The van der Waals surface area contributed by atoms with Gasteiger partial charge in [0, 0.05) is 6.42 Å². The Morgan fingerprint density at radius 2 is 1.04 bits per heavy atom. The number of unbranched alkanes of at least 4 members (excludes halogenated alkanes) is 11. The maximum atomic E-state index is 11.6. The van der Waals surface area contributed by atoms with E-state index in [0.29, 0.717) is 19.6 Å². The number of carbonyl (C=O) groups excluding carboxylic acids is 2. The second-order valence-electron chi connectivity index (χ2n) is 7.54. The molecule has 0 bridgehead atoms. The molecular formula is C23H42O4. The molecule has 0 N–H and O–H groups in total. The van der Waals surface area contributed by atoms with Crippen molar-refractivity contribution in [1.29, 1.82) is 0 Å². The first-order valence-corrected chi connectivity index (χ1v) is 11.0. The van der Waals surface area contributed by atoms with Crippen molar-refractivity contribution in [1.82, 2.24) is 0 Å². The van der Waals surface area contributed by atoms with Gasteiger partial charge in [0.05, 0.1) is 26.1 Å². The van der Waals surface area contributed by atoms with Crippen molar-refractivity contribution in [2.24, 2.45) is 0 Å². The van der Waals surface area contributed by atoms with Crippen LogP contribution in [0.3, 0.4) is 0 Å². The second-order valence-corrected chi connectivity index (χ2v) is 7.54. The highest BCUT2D eigenvalue weighted by molar-refractivity contribution is 5.77. The lowest BCUT2D eigenvalue weighted by Gasteiger charge is -2.06. The lowest BCUT2D eigenvalue weighted by atomic mass is 10.1. The third-order valence-corrected chi connectivity index (χ3v) is 4.59. The van der Waals surface area contributed by atoms with Crippen LogP contribution in [0.5, 0.6) is 0 Å². The van der Waals surface area contributed by atoms with E-state index in [-0.39, 0.29) is 24.8 Å². The van der Waals surface area contributed by atoms with Gasteiger partial charge in [0.15, 0.2) is 0 Å². The molecule has 0 saturated heterocycles. The standard InChI is InChI=1S/C23H42O4/c1-4-5-6-7-8-9-10-11-12-13-14-15-19-26-22(24)16-17-23(25)27-20-18-21(2)3/h2,4-20H2,1,3H3. The Kier molecular flexibility index (Phi) is 18.5. The molecule has 0 fully saturated rings. The van der Waals surface area contributed by atoms with Crippen LogP contribution >= 0.6 is 0 Å². The molecule has 0 aromatic carbocycles. The van der Waals surface area contributed by atoms with Gasteiger partial charge in [-0.1, -0.05) is 83.1 Å². The quantitative estimate of drug-likeness (QED) is 0.145. The fraction of sp³-hybridized carbons (Fsp3) is 0.826. The van der Waals surface area contributed by atoms with Gasteiger partial charge in [0.25, 0.3) is 0 Å². The topological polar surface area (TPSA) is 52.6 Å². The number of esters is 2. The molecule has 0 rings (SSSR count). The molecule has 0 unspecified atom stereocenters. The minimum Gasteiger partial charge on any atom is -0.466 e. The van der Waals surface area contributed by atoms with E-state index in [4.69, 9.17) is 9.47 Å². The summed E-state index contributed by atoms with van der Waals surface area (Å²) in [7, 11) is 0. The molecule has 4 nitrogen and oxygen atoms in total. The van der Waals surface area contributed by atoms with Crippen LogP contribution in [0.1, 0.15) is 110 Å². The van der Waals surface area contributed by atoms with Crippen molar-refractivity contribution in [3.8, 4) is 0 Å². The minimum absolute atomic E-state index is 0.0907. The molecule has 0 radical (unpaired) electrons. The zero-order valence-corrected chi connectivity index (χ0v) is 17.9. The van der Waals surface area contributed by atoms with Gasteiger partial charge in [-0.2, -0.15) is 0 Å². The summed E-state index contributed by atoms with van der Waals surface area (Å²) in [6, 6.07) is 0. The van der Waals surface area contributed by atoms with Gasteiger partial charge in [-0.25, -0.2) is 0 Å². The molecule has 0 aromatic heterocycles. The van der Waals surface area contributed by atoms with Crippen LogP contribution in [0.15, 0.2) is 12.2 Å². The number of rotatable bonds is 19. The van der Waals surface area contributed by atoms with Gasteiger partial charge >= 0.3 is 11.9 Å². The van der Waals surface area contributed by atoms with Crippen LogP contribution in [-0.2, 0) is 19.1 Å². The molecule has 0 heterocycles. The largest absolute Gasteiger partial charge is 0.466 e. The van der Waals surface area contributed by atoms with Crippen molar-refractivity contribution < 1.29 is 19.1 Å². The first-order valence-electron chi connectivity index (χ1n) is 11.0. The van der Waals surface area contributed by atoms with Gasteiger partial charge < -0.3 is 9.47 Å². The predicted octanol–water partition coefficient (Wildman–Crippen LogP) is 6.52. The summed E-state index contributed by atoms with van der Waals surface area (Å²) in [5.41, 5.74) is 0.976. The molecule has 158 valence electrons. The number of hydrogen-bond acceptors (Lipinski definition) is 4. The van der Waals surface area contributed by atoms with Gasteiger partial charge in [-0.3, -0.25) is 9.59 Å². The Bertz CT molecular complexity index is 390. The van der Waals surface area contributed by atoms with Crippen molar-refractivity contribution in [3.05, 3.63) is 12.2 Å².